The number of rotatable bonds is 5. The Balaban J connectivity index is 2.71. The Morgan fingerprint density at radius 1 is 1.56 bits per heavy atom. The van der Waals surface area contributed by atoms with Crippen molar-refractivity contribution in [2.75, 3.05) is 6.54 Å². The zero-order valence-corrected chi connectivity index (χ0v) is 9.22. The molecular weight excluding hydrogens is 210 g/mol. The molecule has 0 aliphatic rings. The molecule has 0 saturated heterocycles. The minimum absolute atomic E-state index is 0.162. The maximum atomic E-state index is 9.72. The zero-order valence-electron chi connectivity index (χ0n) is 9.22. The van der Waals surface area contributed by atoms with Gasteiger partial charge < -0.3 is 10.2 Å². The lowest BCUT2D eigenvalue weighted by Crippen LogP contribution is -2.20. The first-order valence-corrected chi connectivity index (χ1v) is 4.97. The van der Waals surface area contributed by atoms with Crippen molar-refractivity contribution >= 4 is 0 Å². The van der Waals surface area contributed by atoms with Crippen molar-refractivity contribution in [2.24, 2.45) is 5.11 Å². The van der Waals surface area contributed by atoms with Gasteiger partial charge >= 0.3 is 0 Å². The van der Waals surface area contributed by atoms with E-state index in [2.05, 4.69) is 15.1 Å². The molecule has 0 spiro atoms. The molecule has 0 fully saturated rings. The van der Waals surface area contributed by atoms with Gasteiger partial charge in [-0.15, -0.1) is 0 Å². The van der Waals surface area contributed by atoms with E-state index in [0.717, 1.165) is 0 Å². The molecule has 2 unspecified atom stereocenters. The Morgan fingerprint density at radius 2 is 2.25 bits per heavy atom. The van der Waals surface area contributed by atoms with E-state index in [0.29, 0.717) is 5.56 Å². The summed E-state index contributed by atoms with van der Waals surface area (Å²) < 4.78 is 1.68. The van der Waals surface area contributed by atoms with E-state index in [1.807, 2.05) is 13.8 Å². The van der Waals surface area contributed by atoms with Crippen LogP contribution in [-0.4, -0.2) is 32.6 Å². The van der Waals surface area contributed by atoms with Gasteiger partial charge in [-0.25, -0.2) is 0 Å². The number of aliphatic hydroxyl groups excluding tert-OH is 2. The van der Waals surface area contributed by atoms with Gasteiger partial charge in [0.05, 0.1) is 18.8 Å². The highest BCUT2D eigenvalue weighted by Crippen LogP contribution is 2.17. The van der Waals surface area contributed by atoms with Gasteiger partial charge in [0.1, 0.15) is 6.10 Å². The molecule has 1 aromatic rings. The van der Waals surface area contributed by atoms with E-state index >= 15 is 0 Å². The molecule has 2 N–H and O–H groups in total. The van der Waals surface area contributed by atoms with E-state index in [1.54, 1.807) is 10.9 Å². The molecule has 7 nitrogen and oxygen atoms in total. The molecule has 88 valence electrons. The monoisotopic (exact) mass is 225 g/mol. The number of hydrogen-bond acceptors (Lipinski definition) is 4. The molecule has 0 amide bonds. The first-order valence-electron chi connectivity index (χ1n) is 4.97. The first-order chi connectivity index (χ1) is 7.56. The van der Waals surface area contributed by atoms with Crippen molar-refractivity contribution in [3.63, 3.8) is 0 Å². The van der Waals surface area contributed by atoms with Crippen LogP contribution in [0.4, 0.5) is 0 Å². The van der Waals surface area contributed by atoms with Gasteiger partial charge in [0.25, 0.3) is 0 Å². The van der Waals surface area contributed by atoms with Crippen LogP contribution in [0.5, 0.6) is 0 Å². The van der Waals surface area contributed by atoms with Gasteiger partial charge in [-0.3, -0.25) is 4.68 Å². The molecule has 0 aromatic carbocycles. The summed E-state index contributed by atoms with van der Waals surface area (Å²) in [5.74, 6) is 0. The number of hydrogen-bond donors (Lipinski definition) is 2. The number of azide groups is 1. The molecule has 2 atom stereocenters. The van der Waals surface area contributed by atoms with Crippen molar-refractivity contribution in [3.8, 4) is 0 Å². The number of aromatic nitrogens is 2. The summed E-state index contributed by atoms with van der Waals surface area (Å²) in [7, 11) is 0. The summed E-state index contributed by atoms with van der Waals surface area (Å²) >= 11 is 0. The van der Waals surface area contributed by atoms with Gasteiger partial charge in [0.2, 0.25) is 0 Å². The Labute approximate surface area is 93.0 Å². The Hall–Kier alpha value is -1.56. The van der Waals surface area contributed by atoms with Crippen LogP contribution in [0.25, 0.3) is 10.4 Å². The third-order valence-corrected chi connectivity index (χ3v) is 2.19. The topological polar surface area (TPSA) is 107 Å². The highest BCUT2D eigenvalue weighted by molar-refractivity contribution is 5.10. The average Bonchev–Trinajstić information content (AvgIpc) is 2.74. The third-order valence-electron chi connectivity index (χ3n) is 2.19. The first kappa shape index (κ1) is 12.5. The molecule has 0 bridgehead atoms. The summed E-state index contributed by atoms with van der Waals surface area (Å²) in [5, 5.41) is 26.5. The van der Waals surface area contributed by atoms with Gasteiger partial charge in [0, 0.05) is 22.7 Å². The van der Waals surface area contributed by atoms with E-state index in [4.69, 9.17) is 5.53 Å². The van der Waals surface area contributed by atoms with Crippen molar-refractivity contribution in [2.45, 2.75) is 32.1 Å². The van der Waals surface area contributed by atoms with Crippen LogP contribution < -0.4 is 0 Å². The molecule has 7 heteroatoms. The standard InChI is InChI=1S/C9H15N5O2/c1-6(2)14-5-7(3-12-14)9(16)8(15)4-11-13-10/h3,5-6,8-9,15-16H,4H2,1-2H3. The van der Waals surface area contributed by atoms with E-state index in [-0.39, 0.29) is 12.6 Å². The molecule has 0 aliphatic heterocycles. The van der Waals surface area contributed by atoms with Crippen LogP contribution in [0.15, 0.2) is 17.5 Å². The maximum Gasteiger partial charge on any atom is 0.108 e. The second-order valence-corrected chi connectivity index (χ2v) is 3.77. The van der Waals surface area contributed by atoms with Crippen molar-refractivity contribution in [3.05, 3.63) is 28.4 Å². The Kier molecular flexibility index (Phi) is 4.30. The molecule has 1 aromatic heterocycles. The van der Waals surface area contributed by atoms with E-state index in [9.17, 15) is 10.2 Å². The van der Waals surface area contributed by atoms with Crippen molar-refractivity contribution in [1.82, 2.24) is 9.78 Å². The van der Waals surface area contributed by atoms with E-state index in [1.165, 1.54) is 6.20 Å². The van der Waals surface area contributed by atoms with Gasteiger partial charge in [-0.2, -0.15) is 5.10 Å². The predicted molar refractivity (Wildman–Crippen MR) is 57.6 cm³/mol. The molecule has 0 radical (unpaired) electrons. The third kappa shape index (κ3) is 2.96. The average molecular weight is 225 g/mol. The summed E-state index contributed by atoms with van der Waals surface area (Å²) in [5.41, 5.74) is 8.60. The summed E-state index contributed by atoms with van der Waals surface area (Å²) in [6.45, 7) is 3.75. The van der Waals surface area contributed by atoms with Crippen LogP contribution >= 0.6 is 0 Å². The maximum absolute atomic E-state index is 9.72. The lowest BCUT2D eigenvalue weighted by Gasteiger charge is -2.13. The van der Waals surface area contributed by atoms with Gasteiger partial charge in [-0.05, 0) is 19.4 Å². The molecule has 1 heterocycles. The van der Waals surface area contributed by atoms with Crippen LogP contribution in [0, 0.1) is 0 Å². The lowest BCUT2D eigenvalue weighted by molar-refractivity contribution is 0.0243. The number of aliphatic hydroxyl groups is 2. The highest BCUT2D eigenvalue weighted by Gasteiger charge is 2.19. The van der Waals surface area contributed by atoms with Crippen molar-refractivity contribution in [1.29, 1.82) is 0 Å². The lowest BCUT2D eigenvalue weighted by atomic mass is 10.1. The quantitative estimate of drug-likeness (QED) is 0.446. The summed E-state index contributed by atoms with van der Waals surface area (Å²) in [4.78, 5) is 2.52. The smallest absolute Gasteiger partial charge is 0.108 e. The minimum Gasteiger partial charge on any atom is -0.390 e. The summed E-state index contributed by atoms with van der Waals surface area (Å²) in [6.07, 6.45) is 0.956. The van der Waals surface area contributed by atoms with Gasteiger partial charge in [-0.1, -0.05) is 5.11 Å². The second-order valence-electron chi connectivity index (χ2n) is 3.77. The predicted octanol–water partition coefficient (Wildman–Crippen LogP) is 1.17. The minimum atomic E-state index is -1.11. The largest absolute Gasteiger partial charge is 0.390 e. The van der Waals surface area contributed by atoms with Crippen LogP contribution in [-0.2, 0) is 0 Å². The molecular formula is C9H15N5O2. The molecule has 0 aliphatic carbocycles. The second kappa shape index (κ2) is 5.50. The molecule has 0 saturated carbocycles. The fourth-order valence-corrected chi connectivity index (χ4v) is 1.23. The molecule has 1 rings (SSSR count). The fourth-order valence-electron chi connectivity index (χ4n) is 1.23. The normalized spacial score (nSPS) is 14.6. The molecule has 16 heavy (non-hydrogen) atoms. The Bertz CT molecular complexity index is 383. The Morgan fingerprint density at radius 3 is 2.75 bits per heavy atom. The fraction of sp³-hybridized carbons (Fsp3) is 0.667. The van der Waals surface area contributed by atoms with Crippen LogP contribution in [0.1, 0.15) is 31.6 Å². The van der Waals surface area contributed by atoms with E-state index < -0.39 is 12.2 Å². The van der Waals surface area contributed by atoms with Gasteiger partial charge in [0.15, 0.2) is 0 Å². The van der Waals surface area contributed by atoms with Crippen LogP contribution in [0.3, 0.4) is 0 Å². The van der Waals surface area contributed by atoms with Crippen LogP contribution in [0.2, 0.25) is 0 Å². The zero-order chi connectivity index (χ0) is 12.1. The number of nitrogens with zero attached hydrogens (tertiary/aromatic N) is 5. The summed E-state index contributed by atoms with van der Waals surface area (Å²) in [6, 6.07) is 0.190. The van der Waals surface area contributed by atoms with Crippen molar-refractivity contribution < 1.29 is 10.2 Å². The SMILES string of the molecule is CC(C)n1cc(C(O)C(O)CN=[N+]=[N-])cn1. The highest BCUT2D eigenvalue weighted by atomic mass is 16.3.